The monoisotopic (exact) mass is 339 g/mol. The predicted octanol–water partition coefficient (Wildman–Crippen LogP) is 1.83. The van der Waals surface area contributed by atoms with Gasteiger partial charge in [-0.2, -0.15) is 26.3 Å². The molecule has 122 valence electrons. The average Bonchev–Trinajstić information content (AvgIpc) is 2.24. The second kappa shape index (κ2) is 7.47. The largest absolute Gasteiger partial charge is 0.410 e. The molecule has 0 spiro atoms. The van der Waals surface area contributed by atoms with Gasteiger partial charge in [-0.3, -0.25) is 5.73 Å². The molecule has 0 aromatic carbocycles. The van der Waals surface area contributed by atoms with Crippen LogP contribution >= 0.6 is 0 Å². The molecule has 0 saturated carbocycles. The lowest BCUT2D eigenvalue weighted by Gasteiger charge is -2.24. The summed E-state index contributed by atoms with van der Waals surface area (Å²) in [6.07, 6.45) is -16.1. The zero-order valence-corrected chi connectivity index (χ0v) is 10.7. The maximum absolute atomic E-state index is 13.2. The lowest BCUT2D eigenvalue weighted by Crippen LogP contribution is -2.48. The van der Waals surface area contributed by atoms with Gasteiger partial charge in [0.2, 0.25) is 0 Å². The van der Waals surface area contributed by atoms with E-state index in [0.717, 1.165) is 0 Å². The number of nitrogens with two attached hydrogens (primary N) is 1. The molecule has 3 nitrogen and oxygen atoms in total. The van der Waals surface area contributed by atoms with Gasteiger partial charge in [0.15, 0.2) is 18.3 Å². The first kappa shape index (κ1) is 19.5. The molecular weight excluding hydrogens is 329 g/mol. The normalized spacial score (nSPS) is 18.1. The van der Waals surface area contributed by atoms with Crippen molar-refractivity contribution in [1.29, 1.82) is 0 Å². The maximum atomic E-state index is 13.2. The maximum Gasteiger partial charge on any atom is 0.410 e. The molecule has 0 fully saturated rings. The van der Waals surface area contributed by atoms with Crippen LogP contribution in [0.2, 0.25) is 0 Å². The standard InChI is InChI=1S/C7H10F9NO2Si/c8-3(4(9)17)5(10)20(18-1-6(11,12)13)19-2-7(14,15)16/h3-5,20H,1-2,17H2. The summed E-state index contributed by atoms with van der Waals surface area (Å²) < 4.78 is 117. The predicted molar refractivity (Wildman–Crippen MR) is 50.0 cm³/mol. The molecule has 0 radical (unpaired) electrons. The average molecular weight is 339 g/mol. The molecule has 0 amide bonds. The summed E-state index contributed by atoms with van der Waals surface area (Å²) in [7, 11) is -4.44. The zero-order valence-electron chi connectivity index (χ0n) is 9.52. The van der Waals surface area contributed by atoms with Crippen LogP contribution in [0.3, 0.4) is 0 Å². The third kappa shape index (κ3) is 8.60. The summed E-state index contributed by atoms with van der Waals surface area (Å²) in [4.78, 5) is 0. The molecule has 13 heteroatoms. The van der Waals surface area contributed by atoms with Crippen molar-refractivity contribution < 1.29 is 48.4 Å². The Morgan fingerprint density at radius 3 is 1.45 bits per heavy atom. The highest BCUT2D eigenvalue weighted by Gasteiger charge is 2.42. The van der Waals surface area contributed by atoms with Crippen LogP contribution in [0.15, 0.2) is 0 Å². The van der Waals surface area contributed by atoms with E-state index in [1.165, 1.54) is 0 Å². The minimum Gasteiger partial charge on any atom is -0.385 e. The third-order valence-corrected chi connectivity index (χ3v) is 3.57. The van der Waals surface area contributed by atoms with Gasteiger partial charge in [-0.05, 0) is 0 Å². The van der Waals surface area contributed by atoms with Crippen molar-refractivity contribution in [3.8, 4) is 0 Å². The van der Waals surface area contributed by atoms with E-state index in [0.29, 0.717) is 0 Å². The first-order valence-corrected chi connectivity index (χ1v) is 6.49. The summed E-state index contributed by atoms with van der Waals surface area (Å²) in [5.41, 5.74) is 4.32. The van der Waals surface area contributed by atoms with Crippen molar-refractivity contribution in [2.45, 2.75) is 30.6 Å². The Morgan fingerprint density at radius 1 is 0.850 bits per heavy atom. The molecule has 0 aliphatic carbocycles. The van der Waals surface area contributed by atoms with Crippen molar-refractivity contribution in [1.82, 2.24) is 0 Å². The van der Waals surface area contributed by atoms with E-state index < -0.39 is 53.1 Å². The number of alkyl halides is 9. The molecule has 3 unspecified atom stereocenters. The van der Waals surface area contributed by atoms with Gasteiger partial charge in [0.05, 0.1) is 0 Å². The Balaban J connectivity index is 4.69. The lowest BCUT2D eigenvalue weighted by atomic mass is 10.4. The highest BCUT2D eigenvalue weighted by molar-refractivity contribution is 6.46. The Bertz CT molecular complexity index is 266. The molecule has 0 saturated heterocycles. The number of halogens is 9. The second-order valence-corrected chi connectivity index (χ2v) is 5.59. The van der Waals surface area contributed by atoms with E-state index in [-0.39, 0.29) is 0 Å². The van der Waals surface area contributed by atoms with E-state index in [9.17, 15) is 39.5 Å². The molecule has 0 aliphatic heterocycles. The minimum atomic E-state index is -4.99. The van der Waals surface area contributed by atoms with Crippen molar-refractivity contribution in [3.05, 3.63) is 0 Å². The fraction of sp³-hybridized carbons (Fsp3) is 1.00. The Labute approximate surface area is 108 Å². The number of hydrogen-bond acceptors (Lipinski definition) is 3. The number of hydrogen-bond donors (Lipinski definition) is 1. The van der Waals surface area contributed by atoms with Crippen LogP contribution in [0, 0.1) is 0 Å². The van der Waals surface area contributed by atoms with Crippen LogP contribution in [0.4, 0.5) is 39.5 Å². The first-order valence-electron chi connectivity index (χ1n) is 4.88. The summed E-state index contributed by atoms with van der Waals surface area (Å²) in [6.45, 7) is -4.28. The fourth-order valence-electron chi connectivity index (χ4n) is 0.911. The van der Waals surface area contributed by atoms with Crippen LogP contribution in [0.1, 0.15) is 0 Å². The molecular formula is C7H10F9NO2Si. The molecule has 2 N–H and O–H groups in total. The van der Waals surface area contributed by atoms with E-state index in [1.54, 1.807) is 0 Å². The van der Waals surface area contributed by atoms with Gasteiger partial charge in [-0.25, -0.2) is 13.2 Å². The summed E-state index contributed by atoms with van der Waals surface area (Å²) in [5, 5.41) is 0. The fourth-order valence-corrected chi connectivity index (χ4v) is 2.59. The van der Waals surface area contributed by atoms with Gasteiger partial charge in [-0.1, -0.05) is 0 Å². The van der Waals surface area contributed by atoms with E-state index >= 15 is 0 Å². The van der Waals surface area contributed by atoms with Gasteiger partial charge >= 0.3 is 21.6 Å². The number of rotatable bonds is 7. The molecule has 0 aromatic rings. The van der Waals surface area contributed by atoms with Gasteiger partial charge in [0, 0.05) is 0 Å². The summed E-state index contributed by atoms with van der Waals surface area (Å²) >= 11 is 0. The summed E-state index contributed by atoms with van der Waals surface area (Å²) in [5.74, 6) is -3.13. The Hall–Kier alpha value is -0.533. The molecule has 3 atom stereocenters. The van der Waals surface area contributed by atoms with Gasteiger partial charge in [0.1, 0.15) is 13.2 Å². The Kier molecular flexibility index (Phi) is 7.27. The van der Waals surface area contributed by atoms with Crippen LogP contribution in [-0.2, 0) is 8.85 Å². The van der Waals surface area contributed by atoms with Crippen molar-refractivity contribution in [2.75, 3.05) is 13.2 Å². The van der Waals surface area contributed by atoms with Crippen molar-refractivity contribution in [2.24, 2.45) is 5.73 Å². The van der Waals surface area contributed by atoms with Crippen LogP contribution in [-0.4, -0.2) is 53.1 Å². The molecule has 0 aromatic heterocycles. The van der Waals surface area contributed by atoms with Crippen LogP contribution in [0.5, 0.6) is 0 Å². The minimum absolute atomic E-state index is 2.14. The van der Waals surface area contributed by atoms with Crippen LogP contribution < -0.4 is 5.73 Å². The van der Waals surface area contributed by atoms with E-state index in [2.05, 4.69) is 14.6 Å². The van der Waals surface area contributed by atoms with Gasteiger partial charge in [0.25, 0.3) is 0 Å². The third-order valence-electron chi connectivity index (χ3n) is 1.69. The highest BCUT2D eigenvalue weighted by Crippen LogP contribution is 2.21. The summed E-state index contributed by atoms with van der Waals surface area (Å²) in [6, 6.07) is 0. The second-order valence-electron chi connectivity index (χ2n) is 3.55. The molecule has 0 bridgehead atoms. The van der Waals surface area contributed by atoms with Crippen molar-refractivity contribution >= 4 is 9.28 Å². The quantitative estimate of drug-likeness (QED) is 0.437. The molecule has 20 heavy (non-hydrogen) atoms. The Morgan fingerprint density at radius 2 is 1.20 bits per heavy atom. The highest BCUT2D eigenvalue weighted by atomic mass is 28.3. The van der Waals surface area contributed by atoms with Gasteiger partial charge < -0.3 is 8.85 Å². The molecule has 0 heterocycles. The van der Waals surface area contributed by atoms with E-state index in [1.807, 2.05) is 0 Å². The van der Waals surface area contributed by atoms with Gasteiger partial charge in [-0.15, -0.1) is 0 Å². The smallest absolute Gasteiger partial charge is 0.385 e. The first-order chi connectivity index (χ1) is 8.83. The van der Waals surface area contributed by atoms with Crippen LogP contribution in [0.25, 0.3) is 0 Å². The topological polar surface area (TPSA) is 44.5 Å². The SMILES string of the molecule is NC(F)C(F)C(F)[SiH](OCC(F)(F)F)OCC(F)(F)F. The zero-order chi connectivity index (χ0) is 16.1. The lowest BCUT2D eigenvalue weighted by molar-refractivity contribution is -0.170. The van der Waals surface area contributed by atoms with E-state index in [4.69, 9.17) is 0 Å². The van der Waals surface area contributed by atoms with Crippen molar-refractivity contribution in [3.63, 3.8) is 0 Å². The molecule has 0 aliphatic rings. The molecule has 0 rings (SSSR count).